The average Bonchev–Trinajstić information content (AvgIpc) is 2.77. The topological polar surface area (TPSA) is 61.4 Å². The highest BCUT2D eigenvalue weighted by Gasteiger charge is 2.22. The highest BCUT2D eigenvalue weighted by Crippen LogP contribution is 2.23. The van der Waals surface area contributed by atoms with Crippen LogP contribution < -0.4 is 10.6 Å². The molecule has 0 bridgehead atoms. The molecule has 0 atom stereocenters. The van der Waals surface area contributed by atoms with E-state index in [0.29, 0.717) is 25.4 Å². The summed E-state index contributed by atoms with van der Waals surface area (Å²) in [6, 6.07) is 10.9. The van der Waals surface area contributed by atoms with Crippen molar-refractivity contribution in [2.24, 2.45) is 5.92 Å². The van der Waals surface area contributed by atoms with Gasteiger partial charge in [0, 0.05) is 32.1 Å². The Balaban J connectivity index is 1.23. The Hall–Kier alpha value is -2.04. The van der Waals surface area contributed by atoms with Crippen molar-refractivity contribution in [3.8, 4) is 0 Å². The van der Waals surface area contributed by atoms with Crippen molar-refractivity contribution in [3.63, 3.8) is 0 Å². The van der Waals surface area contributed by atoms with Crippen molar-refractivity contribution in [2.45, 2.75) is 76.7 Å². The molecule has 1 saturated heterocycles. The van der Waals surface area contributed by atoms with Crippen LogP contribution in [0, 0.1) is 5.92 Å². The lowest BCUT2D eigenvalue weighted by Crippen LogP contribution is -2.43. The Morgan fingerprint density at radius 2 is 1.69 bits per heavy atom. The van der Waals surface area contributed by atoms with Gasteiger partial charge in [0.15, 0.2) is 0 Å². The van der Waals surface area contributed by atoms with Crippen LogP contribution in [0.25, 0.3) is 0 Å². The Morgan fingerprint density at radius 3 is 2.41 bits per heavy atom. The third-order valence-corrected chi connectivity index (χ3v) is 6.44. The first-order valence-electron chi connectivity index (χ1n) is 11.6. The number of urea groups is 1. The number of hydrogen-bond donors (Lipinski definition) is 2. The highest BCUT2D eigenvalue weighted by molar-refractivity contribution is 5.76. The van der Waals surface area contributed by atoms with Gasteiger partial charge in [0.1, 0.15) is 0 Å². The summed E-state index contributed by atoms with van der Waals surface area (Å²) in [6.07, 6.45) is 11.7. The van der Waals surface area contributed by atoms with E-state index in [1.807, 2.05) is 4.90 Å². The molecule has 5 nitrogen and oxygen atoms in total. The quantitative estimate of drug-likeness (QED) is 0.641. The fourth-order valence-electron chi connectivity index (χ4n) is 4.57. The molecule has 160 valence electrons. The van der Waals surface area contributed by atoms with Crippen LogP contribution in [0.1, 0.15) is 69.8 Å². The van der Waals surface area contributed by atoms with Gasteiger partial charge in [-0.05, 0) is 56.4 Å². The number of carbonyl (C=O) groups excluding carboxylic acids is 2. The van der Waals surface area contributed by atoms with E-state index in [0.717, 1.165) is 51.1 Å². The van der Waals surface area contributed by atoms with Crippen LogP contribution in [-0.2, 0) is 11.2 Å². The lowest BCUT2D eigenvalue weighted by molar-refractivity contribution is -0.132. The standard InChI is InChI=1S/C24H37N3O2/c28-23(12-7-17-25-24(29)26-22-10-5-2-6-11-22)27-18-15-21(16-19-27)14-13-20-8-3-1-4-9-20/h1,3-4,8-9,21-22H,2,5-7,10-19H2,(H2,25,26,29). The van der Waals surface area contributed by atoms with Gasteiger partial charge in [-0.15, -0.1) is 0 Å². The summed E-state index contributed by atoms with van der Waals surface area (Å²) in [7, 11) is 0. The molecule has 3 amide bonds. The van der Waals surface area contributed by atoms with Crippen LogP contribution in [0.15, 0.2) is 30.3 Å². The van der Waals surface area contributed by atoms with Gasteiger partial charge in [-0.1, -0.05) is 49.6 Å². The number of hydrogen-bond acceptors (Lipinski definition) is 2. The van der Waals surface area contributed by atoms with Crippen molar-refractivity contribution in [1.82, 2.24) is 15.5 Å². The highest BCUT2D eigenvalue weighted by atomic mass is 16.2. The molecule has 2 fully saturated rings. The number of nitrogens with zero attached hydrogens (tertiary/aromatic N) is 1. The predicted octanol–water partition coefficient (Wildman–Crippen LogP) is 4.27. The Labute approximate surface area is 175 Å². The molecule has 1 saturated carbocycles. The summed E-state index contributed by atoms with van der Waals surface area (Å²) in [5.41, 5.74) is 1.41. The number of piperidine rings is 1. The first-order valence-corrected chi connectivity index (χ1v) is 11.6. The van der Waals surface area contributed by atoms with Crippen LogP contribution >= 0.6 is 0 Å². The van der Waals surface area contributed by atoms with E-state index in [1.54, 1.807) is 0 Å². The monoisotopic (exact) mass is 399 g/mol. The van der Waals surface area contributed by atoms with Crippen LogP contribution in [0.2, 0.25) is 0 Å². The van der Waals surface area contributed by atoms with Crippen molar-refractivity contribution < 1.29 is 9.59 Å². The van der Waals surface area contributed by atoms with Gasteiger partial charge in [-0.2, -0.15) is 0 Å². The molecule has 3 rings (SSSR count). The van der Waals surface area contributed by atoms with Gasteiger partial charge in [0.05, 0.1) is 0 Å². The van der Waals surface area contributed by atoms with Crippen LogP contribution in [0.4, 0.5) is 4.79 Å². The Morgan fingerprint density at radius 1 is 0.966 bits per heavy atom. The summed E-state index contributed by atoms with van der Waals surface area (Å²) < 4.78 is 0. The summed E-state index contributed by atoms with van der Waals surface area (Å²) in [5.74, 6) is 0.963. The van der Waals surface area contributed by atoms with Crippen LogP contribution in [0.5, 0.6) is 0 Å². The number of carbonyl (C=O) groups is 2. The third-order valence-electron chi connectivity index (χ3n) is 6.44. The van der Waals surface area contributed by atoms with E-state index in [2.05, 4.69) is 41.0 Å². The zero-order chi connectivity index (χ0) is 20.3. The van der Waals surface area contributed by atoms with E-state index in [4.69, 9.17) is 0 Å². The molecule has 1 aromatic carbocycles. The van der Waals surface area contributed by atoms with Crippen molar-refractivity contribution in [3.05, 3.63) is 35.9 Å². The molecule has 0 radical (unpaired) electrons. The molecular formula is C24H37N3O2. The first-order chi connectivity index (χ1) is 14.2. The zero-order valence-corrected chi connectivity index (χ0v) is 17.7. The SMILES string of the molecule is O=C(NCCCC(=O)N1CCC(CCc2ccccc2)CC1)NC1CCCCC1. The maximum atomic E-state index is 12.4. The Bertz CT molecular complexity index is 620. The van der Waals surface area contributed by atoms with Gasteiger partial charge < -0.3 is 15.5 Å². The van der Waals surface area contributed by atoms with Crippen molar-refractivity contribution >= 4 is 11.9 Å². The number of likely N-dealkylation sites (tertiary alicyclic amines) is 1. The zero-order valence-electron chi connectivity index (χ0n) is 17.7. The number of rotatable bonds is 8. The summed E-state index contributed by atoms with van der Waals surface area (Å²) >= 11 is 0. The number of aryl methyl sites for hydroxylation is 1. The molecule has 2 N–H and O–H groups in total. The number of nitrogens with one attached hydrogen (secondary N) is 2. The van der Waals surface area contributed by atoms with E-state index in [-0.39, 0.29) is 11.9 Å². The molecule has 1 aliphatic heterocycles. The second kappa shape index (κ2) is 11.8. The van der Waals surface area contributed by atoms with Crippen LogP contribution in [-0.4, -0.2) is 42.5 Å². The molecule has 0 spiro atoms. The molecule has 29 heavy (non-hydrogen) atoms. The van der Waals surface area contributed by atoms with E-state index >= 15 is 0 Å². The largest absolute Gasteiger partial charge is 0.343 e. The summed E-state index contributed by atoms with van der Waals surface area (Å²) in [6.45, 7) is 2.33. The number of amides is 3. The molecule has 5 heteroatoms. The van der Waals surface area contributed by atoms with Gasteiger partial charge in [-0.3, -0.25) is 4.79 Å². The van der Waals surface area contributed by atoms with Crippen molar-refractivity contribution in [2.75, 3.05) is 19.6 Å². The fourth-order valence-corrected chi connectivity index (χ4v) is 4.57. The molecule has 1 aliphatic carbocycles. The minimum absolute atomic E-state index is 0.0800. The molecule has 2 aliphatic rings. The second-order valence-corrected chi connectivity index (χ2v) is 8.69. The summed E-state index contributed by atoms with van der Waals surface area (Å²) in [4.78, 5) is 26.4. The lowest BCUT2D eigenvalue weighted by Gasteiger charge is -2.32. The van der Waals surface area contributed by atoms with E-state index < -0.39 is 0 Å². The minimum Gasteiger partial charge on any atom is -0.343 e. The second-order valence-electron chi connectivity index (χ2n) is 8.69. The van der Waals surface area contributed by atoms with Gasteiger partial charge in [-0.25, -0.2) is 4.79 Å². The maximum absolute atomic E-state index is 12.4. The predicted molar refractivity (Wildman–Crippen MR) is 117 cm³/mol. The third kappa shape index (κ3) is 7.71. The van der Waals surface area contributed by atoms with E-state index in [1.165, 1.54) is 31.2 Å². The minimum atomic E-state index is -0.0800. The fraction of sp³-hybridized carbons (Fsp3) is 0.667. The first kappa shape index (κ1) is 21.7. The molecule has 0 unspecified atom stereocenters. The average molecular weight is 400 g/mol. The molecule has 0 aromatic heterocycles. The van der Waals surface area contributed by atoms with E-state index in [9.17, 15) is 9.59 Å². The molecule has 1 heterocycles. The molecular weight excluding hydrogens is 362 g/mol. The van der Waals surface area contributed by atoms with Gasteiger partial charge in [0.25, 0.3) is 0 Å². The number of benzene rings is 1. The van der Waals surface area contributed by atoms with Crippen LogP contribution in [0.3, 0.4) is 0 Å². The smallest absolute Gasteiger partial charge is 0.315 e. The van der Waals surface area contributed by atoms with Gasteiger partial charge in [0.2, 0.25) is 5.91 Å². The lowest BCUT2D eigenvalue weighted by atomic mass is 9.90. The normalized spacial score (nSPS) is 18.4. The Kier molecular flexibility index (Phi) is 8.84. The van der Waals surface area contributed by atoms with Crippen molar-refractivity contribution in [1.29, 1.82) is 0 Å². The molecule has 1 aromatic rings. The maximum Gasteiger partial charge on any atom is 0.315 e. The van der Waals surface area contributed by atoms with Gasteiger partial charge >= 0.3 is 6.03 Å². The summed E-state index contributed by atoms with van der Waals surface area (Å²) in [5, 5.41) is 5.96.